The van der Waals surface area contributed by atoms with Crippen molar-refractivity contribution >= 4 is 24.5 Å². The Morgan fingerprint density at radius 1 is 1.50 bits per heavy atom. The van der Waals surface area contributed by atoms with E-state index >= 15 is 0 Å². The van der Waals surface area contributed by atoms with Crippen molar-refractivity contribution in [3.8, 4) is 0 Å². The summed E-state index contributed by atoms with van der Waals surface area (Å²) in [6.45, 7) is 4.84. The molecule has 0 radical (unpaired) electrons. The van der Waals surface area contributed by atoms with Crippen LogP contribution in [-0.2, 0) is 0 Å². The van der Waals surface area contributed by atoms with Crippen LogP contribution in [0.4, 0.5) is 0 Å². The number of rotatable bonds is 5. The van der Waals surface area contributed by atoms with Crippen LogP contribution in [0, 0.1) is 0 Å². The van der Waals surface area contributed by atoms with Crippen LogP contribution < -0.4 is 0 Å². The molecule has 16 heavy (non-hydrogen) atoms. The van der Waals surface area contributed by atoms with E-state index in [0.29, 0.717) is 5.31 Å². The number of likely N-dealkylation sites (tertiary alicyclic amines) is 1. The van der Waals surface area contributed by atoms with Gasteiger partial charge in [0.15, 0.2) is 0 Å². The number of nitrogens with zero attached hydrogens (tertiary/aromatic N) is 1. The minimum absolute atomic E-state index is 0.705. The molecule has 1 nitrogen and oxygen atoms in total. The number of hydrogen-bond donors (Lipinski definition) is 0. The van der Waals surface area contributed by atoms with Crippen LogP contribution in [0.3, 0.4) is 0 Å². The largest absolute Gasteiger partial charge is 0.366 e. The van der Waals surface area contributed by atoms with Gasteiger partial charge >= 0.3 is 0 Å². The van der Waals surface area contributed by atoms with Gasteiger partial charge in [-0.05, 0) is 19.3 Å². The quantitative estimate of drug-likeness (QED) is 0.409. The van der Waals surface area contributed by atoms with E-state index in [9.17, 15) is 0 Å². The van der Waals surface area contributed by atoms with Crippen molar-refractivity contribution in [3.63, 3.8) is 0 Å². The number of unbranched alkanes of at least 4 members (excludes halogenated alkanes) is 1. The maximum Gasteiger partial charge on any atom is 0.130 e. The molecule has 0 bridgehead atoms. The lowest BCUT2D eigenvalue weighted by atomic mass is 9.85. The van der Waals surface area contributed by atoms with Gasteiger partial charge in [-0.3, -0.25) is 0 Å². The zero-order chi connectivity index (χ0) is 11.8. The summed E-state index contributed by atoms with van der Waals surface area (Å²) in [7, 11) is 3.63. The smallest absolute Gasteiger partial charge is 0.130 e. The molecule has 0 aromatic rings. The van der Waals surface area contributed by atoms with Gasteiger partial charge in [0, 0.05) is 13.1 Å². The Morgan fingerprint density at radius 2 is 2.19 bits per heavy atom. The van der Waals surface area contributed by atoms with Gasteiger partial charge in [0.25, 0.3) is 0 Å². The first-order chi connectivity index (χ1) is 7.53. The highest BCUT2D eigenvalue weighted by Gasteiger charge is 2.46. The van der Waals surface area contributed by atoms with Gasteiger partial charge in [-0.15, -0.1) is 0 Å². The number of thiocarbonyl (C=S) groups is 1. The van der Waals surface area contributed by atoms with Crippen LogP contribution in [0.5, 0.6) is 0 Å². The fourth-order valence-electron chi connectivity index (χ4n) is 3.10. The Balaban J connectivity index is 1.60. The molecule has 2 rings (SSSR count). The van der Waals surface area contributed by atoms with Crippen molar-refractivity contribution in [2.24, 2.45) is 0 Å². The third-order valence-corrected chi connectivity index (χ3v) is 5.46. The lowest BCUT2D eigenvalue weighted by molar-refractivity contribution is 0.360. The fraction of sp³-hybridized carbons (Fsp3) is 0.923. The molecule has 0 N–H and O–H groups in total. The van der Waals surface area contributed by atoms with Crippen molar-refractivity contribution < 1.29 is 0 Å². The van der Waals surface area contributed by atoms with Gasteiger partial charge in [-0.25, -0.2) is 0 Å². The Kier molecular flexibility index (Phi) is 3.63. The molecule has 2 saturated heterocycles. The summed E-state index contributed by atoms with van der Waals surface area (Å²) < 4.78 is 0. The Hall–Kier alpha value is -0.0451. The summed E-state index contributed by atoms with van der Waals surface area (Å²) in [4.78, 5) is 3.50. The molecule has 0 aromatic heterocycles. The molecular weight excluding hydrogens is 213 g/mol. The van der Waals surface area contributed by atoms with E-state index < -0.39 is 0 Å². The third kappa shape index (κ3) is 2.61. The fourth-order valence-corrected chi connectivity index (χ4v) is 3.37. The van der Waals surface area contributed by atoms with E-state index in [4.69, 9.17) is 12.2 Å². The van der Waals surface area contributed by atoms with Gasteiger partial charge in [-0.1, -0.05) is 56.5 Å². The normalized spacial score (nSPS) is 37.7. The molecular formula is C13H24BNS. The molecule has 2 aliphatic rings. The van der Waals surface area contributed by atoms with Crippen molar-refractivity contribution in [3.05, 3.63) is 0 Å². The second kappa shape index (κ2) is 4.68. The van der Waals surface area contributed by atoms with Crippen LogP contribution in [0.2, 0.25) is 11.1 Å². The SMILES string of the molecule is CC1BC1(C)CCCCC1CCC(=S)N1C. The maximum absolute atomic E-state index is 5.31. The van der Waals surface area contributed by atoms with Crippen LogP contribution in [0.15, 0.2) is 0 Å². The molecule has 0 aromatic carbocycles. The van der Waals surface area contributed by atoms with E-state index in [1.165, 1.54) is 44.4 Å². The lowest BCUT2D eigenvalue weighted by Crippen LogP contribution is -2.27. The lowest BCUT2D eigenvalue weighted by Gasteiger charge is -2.21. The maximum atomic E-state index is 5.31. The summed E-state index contributed by atoms with van der Waals surface area (Å²) >= 11 is 5.31. The first-order valence-electron chi connectivity index (χ1n) is 6.78. The average molecular weight is 237 g/mol. The number of hydrogen-bond acceptors (Lipinski definition) is 1. The second-order valence-electron chi connectivity index (χ2n) is 6.20. The average Bonchev–Trinajstić information content (AvgIpc) is 2.71. The van der Waals surface area contributed by atoms with Crippen molar-refractivity contribution in [2.45, 2.75) is 69.5 Å². The first-order valence-corrected chi connectivity index (χ1v) is 7.19. The predicted octanol–water partition coefficient (Wildman–Crippen LogP) is 3.41. The van der Waals surface area contributed by atoms with Crippen LogP contribution in [-0.4, -0.2) is 30.3 Å². The van der Waals surface area contributed by atoms with Crippen LogP contribution in [0.1, 0.15) is 52.4 Å². The Labute approximate surface area is 106 Å². The summed E-state index contributed by atoms with van der Waals surface area (Å²) in [5, 5.41) is 0.705. The molecule has 0 amide bonds. The minimum atomic E-state index is 0.705. The molecule has 2 fully saturated rings. The first kappa shape index (κ1) is 12.4. The highest BCUT2D eigenvalue weighted by atomic mass is 32.1. The van der Waals surface area contributed by atoms with E-state index in [2.05, 4.69) is 25.8 Å². The molecule has 0 aliphatic carbocycles. The molecule has 2 aliphatic heterocycles. The van der Waals surface area contributed by atoms with Crippen molar-refractivity contribution in [1.29, 1.82) is 0 Å². The van der Waals surface area contributed by atoms with Crippen molar-refractivity contribution in [2.75, 3.05) is 7.05 Å². The predicted molar refractivity (Wildman–Crippen MR) is 76.8 cm³/mol. The van der Waals surface area contributed by atoms with E-state index in [1.54, 1.807) is 0 Å². The zero-order valence-corrected chi connectivity index (χ0v) is 11.8. The van der Waals surface area contributed by atoms with Gasteiger partial charge in [0.05, 0.1) is 4.99 Å². The summed E-state index contributed by atoms with van der Waals surface area (Å²) in [5.74, 6) is 0.981. The third-order valence-electron chi connectivity index (χ3n) is 4.97. The van der Waals surface area contributed by atoms with Crippen molar-refractivity contribution in [1.82, 2.24) is 4.90 Å². The van der Waals surface area contributed by atoms with E-state index in [1.807, 2.05) is 0 Å². The minimum Gasteiger partial charge on any atom is -0.366 e. The molecule has 3 atom stereocenters. The van der Waals surface area contributed by atoms with Gasteiger partial charge in [0.2, 0.25) is 0 Å². The van der Waals surface area contributed by atoms with E-state index in [-0.39, 0.29) is 0 Å². The van der Waals surface area contributed by atoms with E-state index in [0.717, 1.165) is 18.3 Å². The molecule has 0 spiro atoms. The summed E-state index contributed by atoms with van der Waals surface area (Å²) in [5.41, 5.74) is 0. The topological polar surface area (TPSA) is 3.24 Å². The Morgan fingerprint density at radius 3 is 2.69 bits per heavy atom. The highest BCUT2D eigenvalue weighted by Crippen LogP contribution is 2.59. The molecule has 3 unspecified atom stereocenters. The summed E-state index contributed by atoms with van der Waals surface area (Å²) in [6.07, 6.45) is 8.03. The van der Waals surface area contributed by atoms with Gasteiger partial charge < -0.3 is 4.90 Å². The second-order valence-corrected chi connectivity index (χ2v) is 6.67. The van der Waals surface area contributed by atoms with Gasteiger partial charge in [-0.2, -0.15) is 0 Å². The summed E-state index contributed by atoms with van der Waals surface area (Å²) in [6, 6.07) is 0.747. The standard InChI is InChI=1S/C13H24BNS/c1-10-13(2,14-10)9-5-4-6-11-7-8-12(16)15(11)3/h10-11,14H,4-9H2,1-3H3. The monoisotopic (exact) mass is 237 g/mol. The molecule has 3 heteroatoms. The highest BCUT2D eigenvalue weighted by molar-refractivity contribution is 7.80. The molecule has 2 heterocycles. The van der Waals surface area contributed by atoms with Crippen LogP contribution in [0.25, 0.3) is 0 Å². The van der Waals surface area contributed by atoms with Crippen LogP contribution >= 0.6 is 12.2 Å². The molecule has 0 saturated carbocycles. The van der Waals surface area contributed by atoms with Gasteiger partial charge in [0.1, 0.15) is 7.28 Å². The zero-order valence-electron chi connectivity index (χ0n) is 11.0. The Bertz CT molecular complexity index is 281. The molecule has 90 valence electrons.